The summed E-state index contributed by atoms with van der Waals surface area (Å²) in [5.74, 6) is -0.428. The third-order valence-corrected chi connectivity index (χ3v) is 6.38. The largest absolute Gasteiger partial charge is 0.504 e. The number of benzene rings is 3. The number of methoxy groups -OCH3 is 1. The van der Waals surface area contributed by atoms with Crippen LogP contribution in [0.2, 0.25) is 5.02 Å². The summed E-state index contributed by atoms with van der Waals surface area (Å²) in [4.78, 5) is 12.6. The van der Waals surface area contributed by atoms with Crippen molar-refractivity contribution in [1.29, 1.82) is 0 Å². The van der Waals surface area contributed by atoms with E-state index < -0.39 is 22.5 Å². The minimum Gasteiger partial charge on any atom is -0.504 e. The number of hydrogen-bond acceptors (Lipinski definition) is 6. The van der Waals surface area contributed by atoms with Gasteiger partial charge in [-0.05, 0) is 60.2 Å². The van der Waals surface area contributed by atoms with E-state index in [1.807, 2.05) is 0 Å². The van der Waals surface area contributed by atoms with Gasteiger partial charge in [0.25, 0.3) is 15.9 Å². The standard InChI is InChI=1S/C22H20ClN3O5S/c1-31-21-13-16(7-12-20(21)27)14-24-25-22(28)15-26(18-10-8-17(23)9-11-18)32(29,30)19-5-3-2-4-6-19/h2-14,27H,15H2,1H3,(H,25,28)/b24-14-. The van der Waals surface area contributed by atoms with E-state index in [1.54, 1.807) is 36.4 Å². The Hall–Kier alpha value is -3.56. The molecule has 0 aliphatic rings. The number of nitrogens with one attached hydrogen (secondary N) is 1. The minimum atomic E-state index is -4.02. The molecule has 0 bridgehead atoms. The van der Waals surface area contributed by atoms with Gasteiger partial charge in [-0.2, -0.15) is 5.10 Å². The van der Waals surface area contributed by atoms with Crippen LogP contribution in [0.5, 0.6) is 11.5 Å². The normalized spacial score (nSPS) is 11.3. The highest BCUT2D eigenvalue weighted by molar-refractivity contribution is 7.92. The third-order valence-electron chi connectivity index (χ3n) is 4.34. The van der Waals surface area contributed by atoms with Crippen molar-refractivity contribution >= 4 is 39.4 Å². The Morgan fingerprint density at radius 1 is 1.12 bits per heavy atom. The predicted octanol–water partition coefficient (Wildman–Crippen LogP) is 3.40. The molecule has 10 heteroatoms. The first kappa shape index (κ1) is 23.1. The summed E-state index contributed by atoms with van der Waals surface area (Å²) < 4.78 is 32.4. The monoisotopic (exact) mass is 473 g/mol. The Kier molecular flexibility index (Phi) is 7.34. The van der Waals surface area contributed by atoms with Crippen molar-refractivity contribution in [3.63, 3.8) is 0 Å². The van der Waals surface area contributed by atoms with E-state index in [9.17, 15) is 18.3 Å². The average molecular weight is 474 g/mol. The quantitative estimate of drug-likeness (QED) is 0.385. The summed E-state index contributed by atoms with van der Waals surface area (Å²) >= 11 is 5.92. The van der Waals surface area contributed by atoms with Crippen molar-refractivity contribution in [2.45, 2.75) is 4.90 Å². The molecule has 3 aromatic rings. The van der Waals surface area contributed by atoms with Crippen LogP contribution in [0, 0.1) is 0 Å². The molecule has 3 rings (SSSR count). The van der Waals surface area contributed by atoms with E-state index in [0.717, 1.165) is 4.31 Å². The Morgan fingerprint density at radius 2 is 1.81 bits per heavy atom. The maximum atomic E-state index is 13.2. The molecule has 2 N–H and O–H groups in total. The number of nitrogens with zero attached hydrogens (tertiary/aromatic N) is 2. The van der Waals surface area contributed by atoms with Gasteiger partial charge in [-0.15, -0.1) is 0 Å². The summed E-state index contributed by atoms with van der Waals surface area (Å²) in [5, 5.41) is 13.9. The molecular weight excluding hydrogens is 454 g/mol. The van der Waals surface area contributed by atoms with Gasteiger partial charge in [0.1, 0.15) is 6.54 Å². The van der Waals surface area contributed by atoms with Gasteiger partial charge in [0.2, 0.25) is 0 Å². The lowest BCUT2D eigenvalue weighted by atomic mass is 10.2. The number of aromatic hydroxyl groups is 1. The molecule has 3 aromatic carbocycles. The number of hydrogen-bond donors (Lipinski definition) is 2. The molecule has 0 saturated heterocycles. The van der Waals surface area contributed by atoms with Crippen molar-refractivity contribution in [3.05, 3.63) is 83.4 Å². The number of ether oxygens (including phenoxy) is 1. The topological polar surface area (TPSA) is 108 Å². The Morgan fingerprint density at radius 3 is 2.47 bits per heavy atom. The molecule has 0 aliphatic heterocycles. The van der Waals surface area contributed by atoms with E-state index in [0.29, 0.717) is 10.6 Å². The van der Waals surface area contributed by atoms with Crippen LogP contribution in [0.25, 0.3) is 0 Å². The number of amides is 1. The summed E-state index contributed by atoms with van der Waals surface area (Å²) in [6.07, 6.45) is 1.35. The van der Waals surface area contributed by atoms with E-state index >= 15 is 0 Å². The molecule has 0 heterocycles. The fourth-order valence-electron chi connectivity index (χ4n) is 2.76. The fourth-order valence-corrected chi connectivity index (χ4v) is 4.33. The molecule has 166 valence electrons. The number of carbonyl (C=O) groups excluding carboxylic acids is 1. The second-order valence-corrected chi connectivity index (χ2v) is 8.82. The molecule has 1 amide bonds. The molecule has 0 aromatic heterocycles. The highest BCUT2D eigenvalue weighted by Crippen LogP contribution is 2.26. The number of carbonyl (C=O) groups is 1. The van der Waals surface area contributed by atoms with Crippen molar-refractivity contribution in [2.24, 2.45) is 5.10 Å². The van der Waals surface area contributed by atoms with Gasteiger partial charge in [0, 0.05) is 5.02 Å². The number of hydrazone groups is 1. The number of halogens is 1. The molecule has 0 unspecified atom stereocenters. The molecule has 8 nitrogen and oxygen atoms in total. The zero-order chi connectivity index (χ0) is 23.1. The Bertz CT molecular complexity index is 1220. The van der Waals surface area contributed by atoms with Gasteiger partial charge in [0.05, 0.1) is 23.9 Å². The molecule has 32 heavy (non-hydrogen) atoms. The third kappa shape index (κ3) is 5.57. The number of phenols is 1. The van der Waals surface area contributed by atoms with Gasteiger partial charge >= 0.3 is 0 Å². The number of sulfonamides is 1. The number of rotatable bonds is 8. The summed E-state index contributed by atoms with van der Waals surface area (Å²) in [5.41, 5.74) is 3.15. The molecule has 0 atom stereocenters. The summed E-state index contributed by atoms with van der Waals surface area (Å²) in [7, 11) is -2.61. The predicted molar refractivity (Wildman–Crippen MR) is 123 cm³/mol. The first-order chi connectivity index (χ1) is 15.3. The zero-order valence-corrected chi connectivity index (χ0v) is 18.5. The lowest BCUT2D eigenvalue weighted by molar-refractivity contribution is -0.119. The molecule has 0 saturated carbocycles. The van der Waals surface area contributed by atoms with Gasteiger partial charge in [-0.25, -0.2) is 13.8 Å². The first-order valence-electron chi connectivity index (χ1n) is 9.33. The minimum absolute atomic E-state index is 0.0292. The van der Waals surface area contributed by atoms with E-state index in [-0.39, 0.29) is 22.1 Å². The molecule has 0 radical (unpaired) electrons. The maximum absolute atomic E-state index is 13.2. The van der Waals surface area contributed by atoms with Crippen molar-refractivity contribution < 1.29 is 23.1 Å². The molecule has 0 spiro atoms. The molecule has 0 fully saturated rings. The maximum Gasteiger partial charge on any atom is 0.264 e. The van der Waals surface area contributed by atoms with Crippen LogP contribution < -0.4 is 14.5 Å². The van der Waals surface area contributed by atoms with Crippen LogP contribution >= 0.6 is 11.6 Å². The second kappa shape index (κ2) is 10.2. The van der Waals surface area contributed by atoms with Gasteiger partial charge in [0.15, 0.2) is 11.5 Å². The smallest absolute Gasteiger partial charge is 0.264 e. The molecule has 0 aliphatic carbocycles. The van der Waals surface area contributed by atoms with E-state index in [1.165, 1.54) is 49.7 Å². The van der Waals surface area contributed by atoms with Crippen molar-refractivity contribution in [3.8, 4) is 11.5 Å². The molecular formula is C22H20ClN3O5S. The van der Waals surface area contributed by atoms with Crippen LogP contribution in [-0.2, 0) is 14.8 Å². The van der Waals surface area contributed by atoms with Crippen LogP contribution in [0.15, 0.2) is 82.8 Å². The lowest BCUT2D eigenvalue weighted by Gasteiger charge is -2.23. The summed E-state index contributed by atoms with van der Waals surface area (Å²) in [6, 6.07) is 18.5. The second-order valence-electron chi connectivity index (χ2n) is 6.53. The van der Waals surface area contributed by atoms with Gasteiger partial charge in [-0.1, -0.05) is 29.8 Å². The summed E-state index contributed by atoms with van der Waals surface area (Å²) in [6.45, 7) is -0.505. The van der Waals surface area contributed by atoms with E-state index in [4.69, 9.17) is 16.3 Å². The van der Waals surface area contributed by atoms with Crippen LogP contribution in [0.1, 0.15) is 5.56 Å². The lowest BCUT2D eigenvalue weighted by Crippen LogP contribution is -2.39. The zero-order valence-electron chi connectivity index (χ0n) is 17.0. The van der Waals surface area contributed by atoms with Crippen LogP contribution in [-0.4, -0.2) is 39.3 Å². The van der Waals surface area contributed by atoms with Crippen LogP contribution in [0.3, 0.4) is 0 Å². The average Bonchev–Trinajstić information content (AvgIpc) is 2.80. The van der Waals surface area contributed by atoms with Crippen molar-refractivity contribution in [1.82, 2.24) is 5.43 Å². The Labute approximate surface area is 190 Å². The fraction of sp³-hybridized carbons (Fsp3) is 0.0909. The highest BCUT2D eigenvalue weighted by Gasteiger charge is 2.27. The number of anilines is 1. The van der Waals surface area contributed by atoms with Crippen molar-refractivity contribution in [2.75, 3.05) is 18.0 Å². The van der Waals surface area contributed by atoms with Crippen LogP contribution in [0.4, 0.5) is 5.69 Å². The Balaban J connectivity index is 1.80. The highest BCUT2D eigenvalue weighted by atomic mass is 35.5. The number of phenolic OH excluding ortho intramolecular Hbond substituents is 1. The van der Waals surface area contributed by atoms with E-state index in [2.05, 4.69) is 10.5 Å². The van der Waals surface area contributed by atoms with Gasteiger partial charge in [-0.3, -0.25) is 9.10 Å². The van der Waals surface area contributed by atoms with Gasteiger partial charge < -0.3 is 9.84 Å². The SMILES string of the molecule is COc1cc(/C=N\NC(=O)CN(c2ccc(Cl)cc2)S(=O)(=O)c2ccccc2)ccc1O. The first-order valence-corrected chi connectivity index (χ1v) is 11.2.